The summed E-state index contributed by atoms with van der Waals surface area (Å²) in [5.74, 6) is -1.12. The van der Waals surface area contributed by atoms with Crippen LogP contribution in [0.1, 0.15) is 48.3 Å². The third-order valence-electron chi connectivity index (χ3n) is 6.87. The second kappa shape index (κ2) is 10.4. The minimum Gasteiger partial charge on any atom is -0.497 e. The van der Waals surface area contributed by atoms with Crippen LogP contribution >= 0.6 is 0 Å². The standard InChI is InChI=1S/C28H29F3O2/c1-33-23-13-12-22(26(29)16-23)11-4-18-2-7-20(8-3-18)24-14-15-25(28(31)27(24)30)21-9-5-19(17-32)6-10-21/h2-3,7-8,12-16,19,21,32H,4-6,9-11,17H2,1H3. The fourth-order valence-corrected chi connectivity index (χ4v) is 4.75. The molecule has 0 amide bonds. The lowest BCUT2D eigenvalue weighted by molar-refractivity contribution is 0.181. The molecule has 33 heavy (non-hydrogen) atoms. The maximum absolute atomic E-state index is 15.0. The van der Waals surface area contributed by atoms with Crippen LogP contribution in [0.25, 0.3) is 11.1 Å². The van der Waals surface area contributed by atoms with Gasteiger partial charge < -0.3 is 9.84 Å². The largest absolute Gasteiger partial charge is 0.497 e. The van der Waals surface area contributed by atoms with Crippen molar-refractivity contribution >= 4 is 0 Å². The van der Waals surface area contributed by atoms with Crippen LogP contribution in [0, 0.1) is 23.4 Å². The van der Waals surface area contributed by atoms with Crippen LogP contribution in [-0.2, 0) is 12.8 Å². The summed E-state index contributed by atoms with van der Waals surface area (Å²) in [5, 5.41) is 9.30. The van der Waals surface area contributed by atoms with Crippen LogP contribution in [0.5, 0.6) is 5.75 Å². The molecule has 1 saturated carbocycles. The second-order valence-corrected chi connectivity index (χ2v) is 8.88. The van der Waals surface area contributed by atoms with Crippen molar-refractivity contribution in [3.8, 4) is 16.9 Å². The first-order valence-electron chi connectivity index (χ1n) is 11.5. The monoisotopic (exact) mass is 454 g/mol. The zero-order valence-electron chi connectivity index (χ0n) is 18.8. The summed E-state index contributed by atoms with van der Waals surface area (Å²) in [6.07, 6.45) is 4.38. The van der Waals surface area contributed by atoms with E-state index >= 15 is 0 Å². The van der Waals surface area contributed by atoms with E-state index in [2.05, 4.69) is 0 Å². The molecule has 5 heteroatoms. The second-order valence-electron chi connectivity index (χ2n) is 8.88. The number of hydrogen-bond donors (Lipinski definition) is 1. The molecule has 4 rings (SSSR count). The van der Waals surface area contributed by atoms with Crippen molar-refractivity contribution in [1.29, 1.82) is 0 Å². The molecule has 1 aliphatic carbocycles. The highest BCUT2D eigenvalue weighted by Crippen LogP contribution is 2.38. The van der Waals surface area contributed by atoms with E-state index in [1.807, 2.05) is 12.1 Å². The van der Waals surface area contributed by atoms with Gasteiger partial charge in [-0.1, -0.05) is 42.5 Å². The highest BCUT2D eigenvalue weighted by molar-refractivity contribution is 5.65. The van der Waals surface area contributed by atoms with E-state index in [0.29, 0.717) is 35.3 Å². The summed E-state index contributed by atoms with van der Waals surface area (Å²) in [6.45, 7) is 0.160. The van der Waals surface area contributed by atoms with Crippen molar-refractivity contribution < 1.29 is 23.0 Å². The highest BCUT2D eigenvalue weighted by atomic mass is 19.2. The lowest BCUT2D eigenvalue weighted by Crippen LogP contribution is -2.17. The molecule has 1 N–H and O–H groups in total. The molecule has 0 atom stereocenters. The normalized spacial score (nSPS) is 18.3. The fraction of sp³-hybridized carbons (Fsp3) is 0.357. The average molecular weight is 455 g/mol. The van der Waals surface area contributed by atoms with Gasteiger partial charge in [-0.05, 0) is 78.7 Å². The number of halogens is 3. The SMILES string of the molecule is COc1ccc(CCc2ccc(-c3ccc(C4CCC(CO)CC4)c(F)c3F)cc2)c(F)c1. The predicted molar refractivity (Wildman–Crippen MR) is 124 cm³/mol. The van der Waals surface area contributed by atoms with Gasteiger partial charge in [0.05, 0.1) is 7.11 Å². The van der Waals surface area contributed by atoms with Gasteiger partial charge in [-0.15, -0.1) is 0 Å². The summed E-state index contributed by atoms with van der Waals surface area (Å²) in [5.41, 5.74) is 2.89. The lowest BCUT2D eigenvalue weighted by atomic mass is 9.78. The number of aryl methyl sites for hydroxylation is 2. The Labute approximate surface area is 193 Å². The molecule has 1 aliphatic rings. The number of methoxy groups -OCH3 is 1. The predicted octanol–water partition coefficient (Wildman–Crippen LogP) is 6.83. The fourth-order valence-electron chi connectivity index (χ4n) is 4.75. The van der Waals surface area contributed by atoms with E-state index in [1.165, 1.54) is 13.2 Å². The summed E-state index contributed by atoms with van der Waals surface area (Å²) >= 11 is 0. The van der Waals surface area contributed by atoms with Crippen molar-refractivity contribution in [2.75, 3.05) is 13.7 Å². The van der Waals surface area contributed by atoms with E-state index in [-0.39, 0.29) is 29.8 Å². The Morgan fingerprint density at radius 1 is 0.848 bits per heavy atom. The van der Waals surface area contributed by atoms with Crippen molar-refractivity contribution in [1.82, 2.24) is 0 Å². The molecule has 1 fully saturated rings. The molecular formula is C28H29F3O2. The summed E-state index contributed by atoms with van der Waals surface area (Å²) in [7, 11) is 1.50. The van der Waals surface area contributed by atoms with Gasteiger partial charge in [0.1, 0.15) is 11.6 Å². The summed E-state index contributed by atoms with van der Waals surface area (Å²) in [4.78, 5) is 0. The molecule has 174 valence electrons. The zero-order chi connectivity index (χ0) is 23.4. The highest BCUT2D eigenvalue weighted by Gasteiger charge is 2.26. The van der Waals surface area contributed by atoms with Crippen LogP contribution < -0.4 is 4.74 Å². The number of hydrogen-bond acceptors (Lipinski definition) is 2. The topological polar surface area (TPSA) is 29.5 Å². The van der Waals surface area contributed by atoms with Crippen LogP contribution in [0.2, 0.25) is 0 Å². The van der Waals surface area contributed by atoms with Crippen LogP contribution in [0.15, 0.2) is 54.6 Å². The van der Waals surface area contributed by atoms with E-state index < -0.39 is 11.6 Å². The van der Waals surface area contributed by atoms with E-state index in [1.54, 1.807) is 36.4 Å². The van der Waals surface area contributed by atoms with Crippen molar-refractivity contribution in [3.05, 3.63) is 88.7 Å². The molecule has 0 spiro atoms. The minimum atomic E-state index is -0.815. The van der Waals surface area contributed by atoms with Crippen molar-refractivity contribution in [2.24, 2.45) is 5.92 Å². The molecule has 3 aromatic rings. The smallest absolute Gasteiger partial charge is 0.166 e. The van der Waals surface area contributed by atoms with Gasteiger partial charge >= 0.3 is 0 Å². The quantitative estimate of drug-likeness (QED) is 0.424. The molecule has 2 nitrogen and oxygen atoms in total. The van der Waals surface area contributed by atoms with E-state index in [4.69, 9.17) is 4.74 Å². The van der Waals surface area contributed by atoms with Gasteiger partial charge in [0.25, 0.3) is 0 Å². The Balaban J connectivity index is 1.45. The summed E-state index contributed by atoms with van der Waals surface area (Å²) in [6, 6.07) is 15.5. The number of aliphatic hydroxyl groups excluding tert-OH is 1. The number of benzene rings is 3. The Kier molecular flexibility index (Phi) is 7.39. The average Bonchev–Trinajstić information content (AvgIpc) is 2.85. The molecule has 0 unspecified atom stereocenters. The van der Waals surface area contributed by atoms with Crippen LogP contribution in [0.4, 0.5) is 13.2 Å². The maximum atomic E-state index is 15.0. The molecule has 0 aliphatic heterocycles. The maximum Gasteiger partial charge on any atom is 0.166 e. The van der Waals surface area contributed by atoms with Gasteiger partial charge in [-0.2, -0.15) is 0 Å². The van der Waals surface area contributed by atoms with Crippen LogP contribution in [-0.4, -0.2) is 18.8 Å². The Morgan fingerprint density at radius 2 is 1.58 bits per heavy atom. The third-order valence-corrected chi connectivity index (χ3v) is 6.87. The molecular weight excluding hydrogens is 425 g/mol. The van der Waals surface area contributed by atoms with Gasteiger partial charge in [0.15, 0.2) is 11.6 Å². The number of aliphatic hydroxyl groups is 1. The molecule has 0 saturated heterocycles. The molecule has 0 heterocycles. The molecule has 0 bridgehead atoms. The Hall–Kier alpha value is -2.79. The summed E-state index contributed by atoms with van der Waals surface area (Å²) < 4.78 is 49.1. The zero-order valence-corrected chi connectivity index (χ0v) is 18.8. The van der Waals surface area contributed by atoms with Gasteiger partial charge in [-0.3, -0.25) is 0 Å². The van der Waals surface area contributed by atoms with Gasteiger partial charge in [0.2, 0.25) is 0 Å². The molecule has 0 aromatic heterocycles. The first-order valence-corrected chi connectivity index (χ1v) is 11.5. The Bertz CT molecular complexity index is 1090. The number of rotatable bonds is 7. The van der Waals surface area contributed by atoms with Gasteiger partial charge in [0, 0.05) is 18.2 Å². The molecule has 3 aromatic carbocycles. The first kappa shape index (κ1) is 23.4. The van der Waals surface area contributed by atoms with Crippen molar-refractivity contribution in [2.45, 2.75) is 44.4 Å². The first-order chi connectivity index (χ1) is 16.0. The third kappa shape index (κ3) is 5.25. The lowest BCUT2D eigenvalue weighted by Gasteiger charge is -2.28. The molecule has 0 radical (unpaired) electrons. The van der Waals surface area contributed by atoms with E-state index in [0.717, 1.165) is 31.2 Å². The van der Waals surface area contributed by atoms with Crippen molar-refractivity contribution in [3.63, 3.8) is 0 Å². The Morgan fingerprint density at radius 3 is 2.21 bits per heavy atom. The number of ether oxygens (including phenoxy) is 1. The van der Waals surface area contributed by atoms with E-state index in [9.17, 15) is 18.3 Å². The van der Waals surface area contributed by atoms with Gasteiger partial charge in [-0.25, -0.2) is 13.2 Å². The van der Waals surface area contributed by atoms with Crippen LogP contribution in [0.3, 0.4) is 0 Å². The minimum absolute atomic E-state index is 0.00271.